The summed E-state index contributed by atoms with van der Waals surface area (Å²) in [6.07, 6.45) is 0. The van der Waals surface area contributed by atoms with Crippen molar-refractivity contribution in [3.05, 3.63) is 42.0 Å². The van der Waals surface area contributed by atoms with E-state index in [1.165, 1.54) is 14.2 Å². The number of nitrogen functional groups attached to an aromatic ring is 2. The predicted molar refractivity (Wildman–Crippen MR) is 82.8 cm³/mol. The Bertz CT molecular complexity index is 654. The first-order valence-corrected chi connectivity index (χ1v) is 6.23. The summed E-state index contributed by atoms with van der Waals surface area (Å²) in [4.78, 5) is 12.3. The number of carbonyl (C=O) groups excluding carboxylic acids is 1. The van der Waals surface area contributed by atoms with Gasteiger partial charge in [-0.1, -0.05) is 0 Å². The zero-order valence-corrected chi connectivity index (χ0v) is 11.8. The van der Waals surface area contributed by atoms with Crippen LogP contribution in [-0.2, 0) is 0 Å². The number of ether oxygens (including phenoxy) is 2. The molecular weight excluding hydrogens is 270 g/mol. The van der Waals surface area contributed by atoms with Gasteiger partial charge in [0.15, 0.2) is 0 Å². The van der Waals surface area contributed by atoms with Crippen molar-refractivity contribution in [2.75, 3.05) is 31.0 Å². The Morgan fingerprint density at radius 3 is 2.19 bits per heavy atom. The zero-order chi connectivity index (χ0) is 15.4. The van der Waals surface area contributed by atoms with Crippen LogP contribution in [-0.4, -0.2) is 20.1 Å². The summed E-state index contributed by atoms with van der Waals surface area (Å²) in [7, 11) is 2.96. The number of hydrogen-bond acceptors (Lipinski definition) is 5. The number of hydrogen-bond donors (Lipinski definition) is 3. The highest BCUT2D eigenvalue weighted by molar-refractivity contribution is 6.07. The van der Waals surface area contributed by atoms with E-state index in [1.807, 2.05) is 0 Å². The van der Waals surface area contributed by atoms with E-state index in [2.05, 4.69) is 5.32 Å². The van der Waals surface area contributed by atoms with E-state index in [0.29, 0.717) is 34.1 Å². The van der Waals surface area contributed by atoms with Crippen molar-refractivity contribution in [2.45, 2.75) is 0 Å². The van der Waals surface area contributed by atoms with Gasteiger partial charge in [0, 0.05) is 17.4 Å². The molecule has 0 radical (unpaired) electrons. The molecule has 0 fully saturated rings. The molecule has 2 aromatic rings. The van der Waals surface area contributed by atoms with E-state index in [-0.39, 0.29) is 5.91 Å². The van der Waals surface area contributed by atoms with Crippen LogP contribution in [0.25, 0.3) is 0 Å². The van der Waals surface area contributed by atoms with Gasteiger partial charge < -0.3 is 26.3 Å². The Morgan fingerprint density at radius 2 is 1.62 bits per heavy atom. The second-order valence-electron chi connectivity index (χ2n) is 4.37. The van der Waals surface area contributed by atoms with Gasteiger partial charge in [0.05, 0.1) is 25.5 Å². The Labute approximate surface area is 122 Å². The van der Waals surface area contributed by atoms with Crippen LogP contribution in [0.1, 0.15) is 10.4 Å². The summed E-state index contributed by atoms with van der Waals surface area (Å²) < 4.78 is 10.3. The first kappa shape index (κ1) is 14.5. The largest absolute Gasteiger partial charge is 0.496 e. The number of nitrogens with one attached hydrogen (secondary N) is 1. The number of carbonyl (C=O) groups is 1. The molecule has 6 nitrogen and oxygen atoms in total. The standard InChI is InChI=1S/C15H17N3O3/c1-20-13-8-12(17)14(21-2)7-11(13)15(19)18-10-5-3-9(16)4-6-10/h3-8H,16-17H2,1-2H3,(H,18,19). The molecule has 2 aromatic carbocycles. The summed E-state index contributed by atoms with van der Waals surface area (Å²) in [6.45, 7) is 0. The average molecular weight is 287 g/mol. The lowest BCUT2D eigenvalue weighted by atomic mass is 10.1. The Kier molecular flexibility index (Phi) is 4.18. The van der Waals surface area contributed by atoms with Crippen molar-refractivity contribution in [1.29, 1.82) is 0 Å². The molecule has 0 saturated carbocycles. The maximum atomic E-state index is 12.3. The third-order valence-corrected chi connectivity index (χ3v) is 2.97. The molecule has 0 atom stereocenters. The van der Waals surface area contributed by atoms with Gasteiger partial charge in [-0.25, -0.2) is 0 Å². The number of anilines is 3. The number of nitrogens with two attached hydrogens (primary N) is 2. The van der Waals surface area contributed by atoms with E-state index in [4.69, 9.17) is 20.9 Å². The normalized spacial score (nSPS) is 10.0. The lowest BCUT2D eigenvalue weighted by Gasteiger charge is -2.13. The summed E-state index contributed by atoms with van der Waals surface area (Å²) in [5.74, 6) is 0.467. The second kappa shape index (κ2) is 6.04. The molecule has 0 aliphatic rings. The van der Waals surface area contributed by atoms with E-state index in [9.17, 15) is 4.79 Å². The molecule has 0 aliphatic heterocycles. The maximum Gasteiger partial charge on any atom is 0.259 e. The van der Waals surface area contributed by atoms with Crippen molar-refractivity contribution in [3.8, 4) is 11.5 Å². The highest BCUT2D eigenvalue weighted by Gasteiger charge is 2.16. The Morgan fingerprint density at radius 1 is 1.00 bits per heavy atom. The molecule has 5 N–H and O–H groups in total. The molecule has 0 aliphatic carbocycles. The van der Waals surface area contributed by atoms with Crippen molar-refractivity contribution >= 4 is 23.0 Å². The fourth-order valence-electron chi connectivity index (χ4n) is 1.86. The highest BCUT2D eigenvalue weighted by atomic mass is 16.5. The molecule has 110 valence electrons. The minimum absolute atomic E-state index is 0.324. The lowest BCUT2D eigenvalue weighted by molar-refractivity contribution is 0.102. The van der Waals surface area contributed by atoms with Gasteiger partial charge in [-0.15, -0.1) is 0 Å². The topological polar surface area (TPSA) is 99.6 Å². The number of amides is 1. The van der Waals surface area contributed by atoms with Crippen LogP contribution in [0.5, 0.6) is 11.5 Å². The van der Waals surface area contributed by atoms with Crippen LogP contribution in [0.2, 0.25) is 0 Å². The molecule has 0 heterocycles. The predicted octanol–water partition coefficient (Wildman–Crippen LogP) is 2.12. The molecular formula is C15H17N3O3. The van der Waals surface area contributed by atoms with Crippen LogP contribution in [0, 0.1) is 0 Å². The Hall–Kier alpha value is -2.89. The lowest BCUT2D eigenvalue weighted by Crippen LogP contribution is -2.14. The van der Waals surface area contributed by atoms with Gasteiger partial charge in [-0.05, 0) is 30.3 Å². The third kappa shape index (κ3) is 3.17. The van der Waals surface area contributed by atoms with Gasteiger partial charge in [-0.2, -0.15) is 0 Å². The van der Waals surface area contributed by atoms with E-state index >= 15 is 0 Å². The minimum atomic E-state index is -0.324. The van der Waals surface area contributed by atoms with Gasteiger partial charge in [-0.3, -0.25) is 4.79 Å². The number of benzene rings is 2. The maximum absolute atomic E-state index is 12.3. The summed E-state index contributed by atoms with van der Waals surface area (Å²) in [5, 5.41) is 2.76. The minimum Gasteiger partial charge on any atom is -0.496 e. The van der Waals surface area contributed by atoms with Crippen molar-refractivity contribution in [1.82, 2.24) is 0 Å². The number of rotatable bonds is 4. The quantitative estimate of drug-likeness (QED) is 0.748. The van der Waals surface area contributed by atoms with Gasteiger partial charge >= 0.3 is 0 Å². The van der Waals surface area contributed by atoms with Crippen LogP contribution in [0.15, 0.2) is 36.4 Å². The summed E-state index contributed by atoms with van der Waals surface area (Å²) >= 11 is 0. The Balaban J connectivity index is 2.31. The van der Waals surface area contributed by atoms with Crippen molar-refractivity contribution in [3.63, 3.8) is 0 Å². The van der Waals surface area contributed by atoms with E-state index in [0.717, 1.165) is 0 Å². The van der Waals surface area contributed by atoms with Crippen molar-refractivity contribution in [2.24, 2.45) is 0 Å². The fourth-order valence-corrected chi connectivity index (χ4v) is 1.86. The fraction of sp³-hybridized carbons (Fsp3) is 0.133. The molecule has 0 unspecified atom stereocenters. The van der Waals surface area contributed by atoms with Crippen LogP contribution < -0.4 is 26.3 Å². The van der Waals surface area contributed by atoms with E-state index < -0.39 is 0 Å². The first-order valence-electron chi connectivity index (χ1n) is 6.23. The smallest absolute Gasteiger partial charge is 0.259 e. The summed E-state index contributed by atoms with van der Waals surface area (Å²) in [5.41, 5.74) is 13.4. The van der Waals surface area contributed by atoms with Gasteiger partial charge in [0.1, 0.15) is 11.5 Å². The molecule has 21 heavy (non-hydrogen) atoms. The average Bonchev–Trinajstić information content (AvgIpc) is 2.49. The molecule has 0 spiro atoms. The monoisotopic (exact) mass is 287 g/mol. The molecule has 1 amide bonds. The van der Waals surface area contributed by atoms with Crippen LogP contribution in [0.3, 0.4) is 0 Å². The van der Waals surface area contributed by atoms with Crippen LogP contribution in [0.4, 0.5) is 17.1 Å². The SMILES string of the molecule is COc1cc(C(=O)Nc2ccc(N)cc2)c(OC)cc1N. The number of methoxy groups -OCH3 is 2. The van der Waals surface area contributed by atoms with Gasteiger partial charge in [0.2, 0.25) is 0 Å². The molecule has 0 bridgehead atoms. The molecule has 2 rings (SSSR count). The van der Waals surface area contributed by atoms with Crippen molar-refractivity contribution < 1.29 is 14.3 Å². The van der Waals surface area contributed by atoms with Crippen LogP contribution >= 0.6 is 0 Å². The van der Waals surface area contributed by atoms with Gasteiger partial charge in [0.25, 0.3) is 5.91 Å². The molecule has 6 heteroatoms. The molecule has 0 saturated heterocycles. The highest BCUT2D eigenvalue weighted by Crippen LogP contribution is 2.31. The third-order valence-electron chi connectivity index (χ3n) is 2.97. The second-order valence-corrected chi connectivity index (χ2v) is 4.37. The van der Waals surface area contributed by atoms with E-state index in [1.54, 1.807) is 36.4 Å². The summed E-state index contributed by atoms with van der Waals surface area (Å²) in [6, 6.07) is 9.94. The zero-order valence-electron chi connectivity index (χ0n) is 11.8. The molecule has 0 aromatic heterocycles. The first-order chi connectivity index (χ1) is 10.0.